The van der Waals surface area contributed by atoms with E-state index in [1.165, 1.54) is 13.1 Å². The standard InChI is InChI=1S/C10H11F3N2/c1-14-9-3-7-5-15-4-6(7)2-8(9)10(11,12)13/h2-3,14-15H,4-5H2,1H3. The first-order valence-corrected chi connectivity index (χ1v) is 4.64. The van der Waals surface area contributed by atoms with E-state index < -0.39 is 11.7 Å². The highest BCUT2D eigenvalue weighted by Crippen LogP contribution is 2.37. The summed E-state index contributed by atoms with van der Waals surface area (Å²) in [7, 11) is 1.50. The van der Waals surface area contributed by atoms with Gasteiger partial charge in [-0.15, -0.1) is 0 Å². The van der Waals surface area contributed by atoms with Crippen molar-refractivity contribution in [2.75, 3.05) is 12.4 Å². The summed E-state index contributed by atoms with van der Waals surface area (Å²) in [5, 5.41) is 5.61. The molecule has 1 aliphatic rings. The van der Waals surface area contributed by atoms with Crippen LogP contribution < -0.4 is 10.6 Å². The average Bonchev–Trinajstić information content (AvgIpc) is 2.60. The number of rotatable bonds is 1. The van der Waals surface area contributed by atoms with Gasteiger partial charge in [0, 0.05) is 25.8 Å². The Hall–Kier alpha value is -1.23. The van der Waals surface area contributed by atoms with Gasteiger partial charge in [-0.05, 0) is 23.3 Å². The smallest absolute Gasteiger partial charge is 0.388 e. The molecule has 1 aromatic carbocycles. The molecule has 0 bridgehead atoms. The molecule has 2 nitrogen and oxygen atoms in total. The number of alkyl halides is 3. The van der Waals surface area contributed by atoms with Gasteiger partial charge < -0.3 is 10.6 Å². The van der Waals surface area contributed by atoms with Crippen molar-refractivity contribution < 1.29 is 13.2 Å². The van der Waals surface area contributed by atoms with Crippen LogP contribution in [-0.2, 0) is 19.3 Å². The number of halogens is 3. The minimum atomic E-state index is -4.30. The summed E-state index contributed by atoms with van der Waals surface area (Å²) >= 11 is 0. The highest BCUT2D eigenvalue weighted by molar-refractivity contribution is 5.57. The predicted octanol–water partition coefficient (Wildman–Crippen LogP) is 2.35. The second-order valence-corrected chi connectivity index (χ2v) is 3.52. The molecule has 1 heterocycles. The number of hydrogen-bond donors (Lipinski definition) is 2. The summed E-state index contributed by atoms with van der Waals surface area (Å²) in [6.07, 6.45) is -4.30. The van der Waals surface area contributed by atoms with E-state index in [4.69, 9.17) is 0 Å². The zero-order valence-corrected chi connectivity index (χ0v) is 8.20. The fourth-order valence-electron chi connectivity index (χ4n) is 1.79. The lowest BCUT2D eigenvalue weighted by Crippen LogP contribution is -2.10. The Labute approximate surface area is 85.5 Å². The molecule has 0 saturated heterocycles. The fraction of sp³-hybridized carbons (Fsp3) is 0.400. The molecule has 1 aliphatic heterocycles. The van der Waals surface area contributed by atoms with Gasteiger partial charge in [-0.25, -0.2) is 0 Å². The van der Waals surface area contributed by atoms with Crippen molar-refractivity contribution in [2.45, 2.75) is 19.3 Å². The van der Waals surface area contributed by atoms with Crippen LogP contribution in [0.3, 0.4) is 0 Å². The van der Waals surface area contributed by atoms with Gasteiger partial charge in [-0.3, -0.25) is 0 Å². The van der Waals surface area contributed by atoms with Crippen LogP contribution in [0.5, 0.6) is 0 Å². The normalized spacial score (nSPS) is 15.2. The van der Waals surface area contributed by atoms with Gasteiger partial charge in [-0.1, -0.05) is 0 Å². The van der Waals surface area contributed by atoms with Crippen LogP contribution in [0, 0.1) is 0 Å². The maximum Gasteiger partial charge on any atom is 0.418 e. The van der Waals surface area contributed by atoms with E-state index in [0.29, 0.717) is 13.1 Å². The van der Waals surface area contributed by atoms with Crippen molar-refractivity contribution in [3.8, 4) is 0 Å². The third kappa shape index (κ3) is 1.79. The van der Waals surface area contributed by atoms with E-state index in [1.807, 2.05) is 0 Å². The molecule has 0 aromatic heterocycles. The number of nitrogens with one attached hydrogen (secondary N) is 2. The Morgan fingerprint density at radius 1 is 1.20 bits per heavy atom. The molecule has 2 N–H and O–H groups in total. The molecule has 0 unspecified atom stereocenters. The zero-order valence-electron chi connectivity index (χ0n) is 8.20. The molecule has 0 radical (unpaired) electrons. The van der Waals surface area contributed by atoms with Crippen LogP contribution in [0.25, 0.3) is 0 Å². The molecular weight excluding hydrogens is 205 g/mol. The van der Waals surface area contributed by atoms with E-state index in [1.54, 1.807) is 6.07 Å². The third-order valence-electron chi connectivity index (χ3n) is 2.55. The number of anilines is 1. The maximum absolute atomic E-state index is 12.6. The molecule has 0 amide bonds. The first-order chi connectivity index (χ1) is 7.02. The highest BCUT2D eigenvalue weighted by atomic mass is 19.4. The van der Waals surface area contributed by atoms with Gasteiger partial charge in [0.2, 0.25) is 0 Å². The summed E-state index contributed by atoms with van der Waals surface area (Å²) in [5.41, 5.74) is 1.23. The van der Waals surface area contributed by atoms with Crippen molar-refractivity contribution in [2.24, 2.45) is 0 Å². The van der Waals surface area contributed by atoms with Gasteiger partial charge in [0.25, 0.3) is 0 Å². The number of fused-ring (bicyclic) bond motifs is 1. The van der Waals surface area contributed by atoms with Gasteiger partial charge in [-0.2, -0.15) is 13.2 Å². The van der Waals surface area contributed by atoms with Crippen LogP contribution in [-0.4, -0.2) is 7.05 Å². The second kappa shape index (κ2) is 3.41. The van der Waals surface area contributed by atoms with Crippen molar-refractivity contribution in [3.05, 3.63) is 28.8 Å². The van der Waals surface area contributed by atoms with Crippen molar-refractivity contribution in [1.82, 2.24) is 5.32 Å². The summed E-state index contributed by atoms with van der Waals surface area (Å²) in [6.45, 7) is 1.16. The molecule has 0 fully saturated rings. The molecule has 0 saturated carbocycles. The molecular formula is C10H11F3N2. The summed E-state index contributed by atoms with van der Waals surface area (Å²) < 4.78 is 37.9. The lowest BCUT2D eigenvalue weighted by molar-refractivity contribution is -0.137. The van der Waals surface area contributed by atoms with Gasteiger partial charge in [0.05, 0.1) is 5.56 Å². The van der Waals surface area contributed by atoms with E-state index in [9.17, 15) is 13.2 Å². The Morgan fingerprint density at radius 2 is 1.80 bits per heavy atom. The van der Waals surface area contributed by atoms with Crippen LogP contribution in [0.1, 0.15) is 16.7 Å². The van der Waals surface area contributed by atoms with Gasteiger partial charge in [0.1, 0.15) is 0 Å². The molecule has 82 valence electrons. The molecule has 0 spiro atoms. The van der Waals surface area contributed by atoms with E-state index in [2.05, 4.69) is 10.6 Å². The molecule has 1 aromatic rings. The first kappa shape index (κ1) is 10.3. The van der Waals surface area contributed by atoms with Crippen LogP contribution >= 0.6 is 0 Å². The Kier molecular flexibility index (Phi) is 2.34. The second-order valence-electron chi connectivity index (χ2n) is 3.52. The van der Waals surface area contributed by atoms with Crippen LogP contribution in [0.2, 0.25) is 0 Å². The van der Waals surface area contributed by atoms with Crippen LogP contribution in [0.15, 0.2) is 12.1 Å². The SMILES string of the molecule is CNc1cc2c(cc1C(F)(F)F)CNC2. The van der Waals surface area contributed by atoms with Crippen molar-refractivity contribution in [1.29, 1.82) is 0 Å². The average molecular weight is 216 g/mol. The summed E-state index contributed by atoms with van der Waals surface area (Å²) in [5.74, 6) is 0. The Morgan fingerprint density at radius 3 is 2.33 bits per heavy atom. The molecule has 2 rings (SSSR count). The summed E-state index contributed by atoms with van der Waals surface area (Å²) in [4.78, 5) is 0. The van der Waals surface area contributed by atoms with E-state index >= 15 is 0 Å². The van der Waals surface area contributed by atoms with Gasteiger partial charge in [0.15, 0.2) is 0 Å². The highest BCUT2D eigenvalue weighted by Gasteiger charge is 2.34. The quantitative estimate of drug-likeness (QED) is 0.753. The topological polar surface area (TPSA) is 24.1 Å². The number of hydrogen-bond acceptors (Lipinski definition) is 2. The van der Waals surface area contributed by atoms with Crippen molar-refractivity contribution >= 4 is 5.69 Å². The molecule has 15 heavy (non-hydrogen) atoms. The van der Waals surface area contributed by atoms with E-state index in [-0.39, 0.29) is 5.69 Å². The first-order valence-electron chi connectivity index (χ1n) is 4.64. The monoisotopic (exact) mass is 216 g/mol. The third-order valence-corrected chi connectivity index (χ3v) is 2.55. The fourth-order valence-corrected chi connectivity index (χ4v) is 1.79. The van der Waals surface area contributed by atoms with E-state index in [0.717, 1.165) is 11.1 Å². The molecule has 5 heteroatoms. The zero-order chi connectivity index (χ0) is 11.1. The minimum absolute atomic E-state index is 0.143. The van der Waals surface area contributed by atoms with Crippen LogP contribution in [0.4, 0.5) is 18.9 Å². The summed E-state index contributed by atoms with van der Waals surface area (Å²) in [6, 6.07) is 2.79. The Bertz CT molecular complexity index is 385. The molecule has 0 atom stereocenters. The maximum atomic E-state index is 12.6. The minimum Gasteiger partial charge on any atom is -0.388 e. The Balaban J connectivity index is 2.54. The predicted molar refractivity (Wildman–Crippen MR) is 51.5 cm³/mol. The lowest BCUT2D eigenvalue weighted by Gasteiger charge is -2.14. The number of benzene rings is 1. The van der Waals surface area contributed by atoms with Crippen molar-refractivity contribution in [3.63, 3.8) is 0 Å². The largest absolute Gasteiger partial charge is 0.418 e. The van der Waals surface area contributed by atoms with Gasteiger partial charge >= 0.3 is 6.18 Å². The molecule has 0 aliphatic carbocycles. The lowest BCUT2D eigenvalue weighted by atomic mass is 10.0.